The number of ether oxygens (including phenoxy) is 2. The Hall–Kier alpha value is -2.12. The van der Waals surface area contributed by atoms with Crippen LogP contribution in [0, 0.1) is 0 Å². The number of nitrogens with zero attached hydrogens (tertiary/aromatic N) is 3. The molecule has 2 aromatic rings. The van der Waals surface area contributed by atoms with E-state index in [4.69, 9.17) is 15.3 Å². The molecular formula is C13H19N5O2. The Labute approximate surface area is 117 Å². The molecule has 0 saturated carbocycles. The zero-order valence-electron chi connectivity index (χ0n) is 11.8. The number of nitrogens with one attached hydrogen (secondary N) is 1. The average molecular weight is 277 g/mol. The topological polar surface area (TPSA) is 87.2 Å². The third-order valence-corrected chi connectivity index (χ3v) is 3.11. The summed E-state index contributed by atoms with van der Waals surface area (Å²) in [6.45, 7) is 2.72. The number of hydrogen-bond acceptors (Lipinski definition) is 6. The van der Waals surface area contributed by atoms with E-state index in [0.717, 1.165) is 17.9 Å². The Morgan fingerprint density at radius 3 is 2.65 bits per heavy atom. The lowest BCUT2D eigenvalue weighted by Crippen LogP contribution is -2.31. The highest BCUT2D eigenvalue weighted by Crippen LogP contribution is 2.31. The second-order valence-corrected chi connectivity index (χ2v) is 4.15. The van der Waals surface area contributed by atoms with Gasteiger partial charge in [0.2, 0.25) is 0 Å². The van der Waals surface area contributed by atoms with Crippen LogP contribution in [-0.4, -0.2) is 29.0 Å². The quantitative estimate of drug-likeness (QED) is 0.602. The van der Waals surface area contributed by atoms with Gasteiger partial charge >= 0.3 is 0 Å². The van der Waals surface area contributed by atoms with Crippen molar-refractivity contribution in [2.45, 2.75) is 19.5 Å². The number of benzene rings is 1. The van der Waals surface area contributed by atoms with E-state index >= 15 is 0 Å². The van der Waals surface area contributed by atoms with Crippen molar-refractivity contribution in [1.29, 1.82) is 0 Å². The number of aryl methyl sites for hydroxylation is 1. The number of aromatic nitrogens is 3. The van der Waals surface area contributed by atoms with Gasteiger partial charge in [-0.3, -0.25) is 5.84 Å². The van der Waals surface area contributed by atoms with Gasteiger partial charge in [-0.15, -0.1) is 0 Å². The molecular weight excluding hydrogens is 258 g/mol. The summed E-state index contributed by atoms with van der Waals surface area (Å²) < 4.78 is 12.3. The van der Waals surface area contributed by atoms with E-state index in [-0.39, 0.29) is 6.04 Å². The van der Waals surface area contributed by atoms with Crippen LogP contribution in [0.3, 0.4) is 0 Å². The van der Waals surface area contributed by atoms with Gasteiger partial charge in [0.1, 0.15) is 18.2 Å². The number of rotatable bonds is 6. The minimum atomic E-state index is -0.266. The molecule has 108 valence electrons. The summed E-state index contributed by atoms with van der Waals surface area (Å²) in [5.41, 5.74) is 3.69. The lowest BCUT2D eigenvalue weighted by molar-refractivity contribution is 0.354. The van der Waals surface area contributed by atoms with Crippen LogP contribution in [0.1, 0.15) is 24.4 Å². The molecule has 1 atom stereocenters. The second-order valence-electron chi connectivity index (χ2n) is 4.15. The van der Waals surface area contributed by atoms with E-state index in [0.29, 0.717) is 11.5 Å². The first-order valence-corrected chi connectivity index (χ1v) is 6.30. The normalized spacial score (nSPS) is 12.2. The number of nitrogens with two attached hydrogens (primary N) is 1. The highest BCUT2D eigenvalue weighted by molar-refractivity contribution is 5.44. The highest BCUT2D eigenvalue weighted by Gasteiger charge is 2.19. The third-order valence-electron chi connectivity index (χ3n) is 3.11. The zero-order chi connectivity index (χ0) is 14.5. The first kappa shape index (κ1) is 14.3. The first-order valence-electron chi connectivity index (χ1n) is 6.30. The molecule has 20 heavy (non-hydrogen) atoms. The van der Waals surface area contributed by atoms with Gasteiger partial charge in [0, 0.05) is 6.54 Å². The number of methoxy groups -OCH3 is 2. The van der Waals surface area contributed by atoms with Crippen LogP contribution < -0.4 is 20.7 Å². The molecule has 0 fully saturated rings. The summed E-state index contributed by atoms with van der Waals surface area (Å²) >= 11 is 0. The van der Waals surface area contributed by atoms with E-state index < -0.39 is 0 Å². The largest absolute Gasteiger partial charge is 0.493 e. The van der Waals surface area contributed by atoms with Gasteiger partial charge < -0.3 is 9.47 Å². The lowest BCUT2D eigenvalue weighted by atomic mass is 10.1. The van der Waals surface area contributed by atoms with Crippen LogP contribution >= 0.6 is 0 Å². The molecule has 0 bridgehead atoms. The molecule has 0 spiro atoms. The van der Waals surface area contributed by atoms with Crippen molar-refractivity contribution in [2.24, 2.45) is 5.84 Å². The van der Waals surface area contributed by atoms with Crippen LogP contribution in [0.25, 0.3) is 0 Å². The molecule has 0 radical (unpaired) electrons. The smallest absolute Gasteiger partial charge is 0.161 e. The summed E-state index contributed by atoms with van der Waals surface area (Å²) in [6.07, 6.45) is 1.52. The molecule has 0 aliphatic heterocycles. The molecule has 0 aliphatic carbocycles. The summed E-state index contributed by atoms with van der Waals surface area (Å²) in [5.74, 6) is 7.75. The monoisotopic (exact) mass is 277 g/mol. The van der Waals surface area contributed by atoms with Crippen molar-refractivity contribution in [3.05, 3.63) is 35.9 Å². The third kappa shape index (κ3) is 2.59. The Morgan fingerprint density at radius 2 is 2.05 bits per heavy atom. The lowest BCUT2D eigenvalue weighted by Gasteiger charge is -2.18. The van der Waals surface area contributed by atoms with Crippen molar-refractivity contribution in [2.75, 3.05) is 14.2 Å². The molecule has 2 rings (SSSR count). The fraction of sp³-hybridized carbons (Fsp3) is 0.385. The van der Waals surface area contributed by atoms with E-state index in [2.05, 4.69) is 15.5 Å². The number of hydrogen-bond donors (Lipinski definition) is 2. The van der Waals surface area contributed by atoms with Gasteiger partial charge in [0.25, 0.3) is 0 Å². The van der Waals surface area contributed by atoms with Crippen molar-refractivity contribution < 1.29 is 9.47 Å². The molecule has 0 saturated heterocycles. The second kappa shape index (κ2) is 6.36. The van der Waals surface area contributed by atoms with Crippen LogP contribution in [-0.2, 0) is 6.54 Å². The fourth-order valence-electron chi connectivity index (χ4n) is 2.09. The maximum atomic E-state index is 5.68. The fourth-order valence-corrected chi connectivity index (χ4v) is 2.09. The van der Waals surface area contributed by atoms with Gasteiger partial charge in [-0.2, -0.15) is 5.10 Å². The number of hydrazine groups is 1. The van der Waals surface area contributed by atoms with E-state index in [9.17, 15) is 0 Å². The Kier molecular flexibility index (Phi) is 4.54. The summed E-state index contributed by atoms with van der Waals surface area (Å²) in [6, 6.07) is 5.36. The van der Waals surface area contributed by atoms with Crippen LogP contribution in [0.2, 0.25) is 0 Å². The van der Waals surface area contributed by atoms with Crippen LogP contribution in [0.5, 0.6) is 11.5 Å². The Bertz CT molecular complexity index is 570. The summed E-state index contributed by atoms with van der Waals surface area (Å²) in [4.78, 5) is 4.27. The molecule has 0 amide bonds. The standard InChI is InChI=1S/C13H19N5O2/c1-4-18-13(15-8-16-18)12(17-14)9-5-6-10(19-2)11(7-9)20-3/h5-8,12,17H,4,14H2,1-3H3. The maximum absolute atomic E-state index is 5.68. The van der Waals surface area contributed by atoms with Crippen LogP contribution in [0.15, 0.2) is 24.5 Å². The van der Waals surface area contributed by atoms with Gasteiger partial charge in [0.15, 0.2) is 11.5 Å². The summed E-state index contributed by atoms with van der Waals surface area (Å²) in [7, 11) is 3.20. The molecule has 1 heterocycles. The minimum Gasteiger partial charge on any atom is -0.493 e. The molecule has 1 aromatic carbocycles. The van der Waals surface area contributed by atoms with Gasteiger partial charge in [0.05, 0.1) is 14.2 Å². The SMILES string of the molecule is CCn1ncnc1C(NN)c1ccc(OC)c(OC)c1. The molecule has 7 heteroatoms. The molecule has 3 N–H and O–H groups in total. The van der Waals surface area contributed by atoms with Gasteiger partial charge in [-0.25, -0.2) is 15.1 Å². The van der Waals surface area contributed by atoms with E-state index in [1.165, 1.54) is 6.33 Å². The van der Waals surface area contributed by atoms with E-state index in [1.54, 1.807) is 18.9 Å². The Balaban J connectivity index is 2.42. The maximum Gasteiger partial charge on any atom is 0.161 e. The molecule has 0 aliphatic rings. The van der Waals surface area contributed by atoms with Gasteiger partial charge in [-0.05, 0) is 24.6 Å². The van der Waals surface area contributed by atoms with Crippen molar-refractivity contribution in [1.82, 2.24) is 20.2 Å². The van der Waals surface area contributed by atoms with E-state index in [1.807, 2.05) is 25.1 Å². The van der Waals surface area contributed by atoms with Crippen LogP contribution in [0.4, 0.5) is 0 Å². The minimum absolute atomic E-state index is 0.266. The molecule has 1 aromatic heterocycles. The van der Waals surface area contributed by atoms with Gasteiger partial charge in [-0.1, -0.05) is 6.07 Å². The summed E-state index contributed by atoms with van der Waals surface area (Å²) in [5, 5.41) is 4.16. The zero-order valence-corrected chi connectivity index (χ0v) is 11.8. The predicted molar refractivity (Wildman–Crippen MR) is 74.4 cm³/mol. The van der Waals surface area contributed by atoms with Crippen molar-refractivity contribution in [3.63, 3.8) is 0 Å². The Morgan fingerprint density at radius 1 is 1.30 bits per heavy atom. The average Bonchev–Trinajstić information content (AvgIpc) is 2.96. The predicted octanol–water partition coefficient (Wildman–Crippen LogP) is 0.868. The van der Waals surface area contributed by atoms with Crippen molar-refractivity contribution in [3.8, 4) is 11.5 Å². The van der Waals surface area contributed by atoms with Crippen molar-refractivity contribution >= 4 is 0 Å². The molecule has 7 nitrogen and oxygen atoms in total. The molecule has 1 unspecified atom stereocenters. The first-order chi connectivity index (χ1) is 9.74. The highest BCUT2D eigenvalue weighted by atomic mass is 16.5.